The predicted octanol–water partition coefficient (Wildman–Crippen LogP) is 2.38. The minimum absolute atomic E-state index is 0.139. The van der Waals surface area contributed by atoms with Crippen molar-refractivity contribution >= 4 is 11.7 Å². The van der Waals surface area contributed by atoms with Gasteiger partial charge < -0.3 is 15.3 Å². The molecule has 4 heteroatoms. The van der Waals surface area contributed by atoms with Crippen LogP contribution in [0.15, 0.2) is 18.2 Å². The predicted molar refractivity (Wildman–Crippen MR) is 83.7 cm³/mol. The van der Waals surface area contributed by atoms with Crippen molar-refractivity contribution in [2.45, 2.75) is 38.6 Å². The fraction of sp³-hybridized carbons (Fsp3) is 0.588. The van der Waals surface area contributed by atoms with Crippen molar-refractivity contribution in [2.75, 3.05) is 25.0 Å². The largest absolute Gasteiger partial charge is 0.481 e. The van der Waals surface area contributed by atoms with E-state index in [0.717, 1.165) is 45.3 Å². The van der Waals surface area contributed by atoms with Crippen LogP contribution in [0, 0.1) is 5.92 Å². The summed E-state index contributed by atoms with van der Waals surface area (Å²) in [6, 6.07) is 7.22. The number of fused-ring (bicyclic) bond motifs is 1. The van der Waals surface area contributed by atoms with Crippen molar-refractivity contribution < 1.29 is 9.90 Å². The Morgan fingerprint density at radius 1 is 1.43 bits per heavy atom. The van der Waals surface area contributed by atoms with E-state index in [1.54, 1.807) is 0 Å². The van der Waals surface area contributed by atoms with Gasteiger partial charge in [-0.25, -0.2) is 0 Å². The van der Waals surface area contributed by atoms with Crippen LogP contribution in [0.1, 0.15) is 30.9 Å². The Kier molecular flexibility index (Phi) is 4.15. The maximum Gasteiger partial charge on any atom is 0.306 e. The normalized spacial score (nSPS) is 20.8. The van der Waals surface area contributed by atoms with Crippen LogP contribution in [0.5, 0.6) is 0 Å². The number of aliphatic carboxylic acids is 1. The molecular weight excluding hydrogens is 264 g/mol. The van der Waals surface area contributed by atoms with Crippen LogP contribution < -0.4 is 5.32 Å². The zero-order valence-corrected chi connectivity index (χ0v) is 12.6. The fourth-order valence-corrected chi connectivity index (χ4v) is 3.54. The number of benzene rings is 1. The van der Waals surface area contributed by atoms with Crippen molar-refractivity contribution in [1.29, 1.82) is 0 Å². The van der Waals surface area contributed by atoms with E-state index in [1.807, 2.05) is 0 Å². The number of carbonyl (C=O) groups is 1. The molecule has 1 saturated heterocycles. The van der Waals surface area contributed by atoms with Gasteiger partial charge in [0.2, 0.25) is 0 Å². The second-order valence-corrected chi connectivity index (χ2v) is 6.37. The number of nitrogens with zero attached hydrogens (tertiary/aromatic N) is 1. The van der Waals surface area contributed by atoms with Crippen molar-refractivity contribution in [2.24, 2.45) is 5.92 Å². The van der Waals surface area contributed by atoms with Crippen LogP contribution >= 0.6 is 0 Å². The minimum atomic E-state index is -0.631. The first kappa shape index (κ1) is 14.4. The highest BCUT2D eigenvalue weighted by Gasteiger charge is 2.26. The maximum absolute atomic E-state index is 11.0. The van der Waals surface area contributed by atoms with E-state index in [1.165, 1.54) is 16.8 Å². The monoisotopic (exact) mass is 288 g/mol. The van der Waals surface area contributed by atoms with Gasteiger partial charge in [0, 0.05) is 18.3 Å². The third-order valence-electron chi connectivity index (χ3n) is 4.91. The molecule has 2 aliphatic rings. The molecule has 2 heterocycles. The smallest absolute Gasteiger partial charge is 0.306 e. The van der Waals surface area contributed by atoms with Gasteiger partial charge in [0.05, 0.1) is 5.92 Å². The second-order valence-electron chi connectivity index (χ2n) is 6.37. The van der Waals surface area contributed by atoms with Gasteiger partial charge in [0.1, 0.15) is 0 Å². The van der Waals surface area contributed by atoms with Gasteiger partial charge in [-0.3, -0.25) is 4.79 Å². The van der Waals surface area contributed by atoms with E-state index in [4.69, 9.17) is 5.11 Å². The zero-order valence-electron chi connectivity index (χ0n) is 12.6. The van der Waals surface area contributed by atoms with Crippen molar-refractivity contribution in [3.8, 4) is 0 Å². The summed E-state index contributed by atoms with van der Waals surface area (Å²) < 4.78 is 0. The molecule has 1 fully saturated rings. The Morgan fingerprint density at radius 3 is 2.90 bits per heavy atom. The molecule has 0 saturated carbocycles. The Hall–Kier alpha value is -1.55. The van der Waals surface area contributed by atoms with E-state index in [0.29, 0.717) is 6.04 Å². The topological polar surface area (TPSA) is 52.6 Å². The van der Waals surface area contributed by atoms with E-state index >= 15 is 0 Å². The van der Waals surface area contributed by atoms with Crippen LogP contribution in [-0.2, 0) is 17.6 Å². The summed E-state index contributed by atoms with van der Waals surface area (Å²) in [5.74, 6) is -0.770. The molecule has 0 aliphatic carbocycles. The number of rotatable bonds is 4. The lowest BCUT2D eigenvalue weighted by Crippen LogP contribution is -2.42. The Balaban J connectivity index is 1.57. The lowest BCUT2D eigenvalue weighted by molar-refractivity contribution is -0.143. The number of nitrogens with one attached hydrogen (secondary N) is 1. The number of likely N-dealkylation sites (tertiary alicyclic amines) is 1. The van der Waals surface area contributed by atoms with Crippen molar-refractivity contribution in [1.82, 2.24) is 4.90 Å². The molecule has 1 aromatic rings. The summed E-state index contributed by atoms with van der Waals surface area (Å²) in [5.41, 5.74) is 4.11. The SMILES string of the molecule is CC(Cc1ccc2c(c1)CCN2)N1CCC(C(=O)O)CC1. The summed E-state index contributed by atoms with van der Waals surface area (Å²) in [5, 5.41) is 12.5. The molecule has 4 nitrogen and oxygen atoms in total. The second kappa shape index (κ2) is 6.06. The first-order valence-electron chi connectivity index (χ1n) is 7.96. The Morgan fingerprint density at radius 2 is 2.19 bits per heavy atom. The molecule has 0 spiro atoms. The highest BCUT2D eigenvalue weighted by molar-refractivity contribution is 5.70. The molecule has 21 heavy (non-hydrogen) atoms. The maximum atomic E-state index is 11.0. The lowest BCUT2D eigenvalue weighted by atomic mass is 9.94. The Bertz CT molecular complexity index is 522. The van der Waals surface area contributed by atoms with Gasteiger partial charge in [-0.1, -0.05) is 12.1 Å². The van der Waals surface area contributed by atoms with E-state index in [-0.39, 0.29) is 5.92 Å². The molecule has 1 unspecified atom stereocenters. The molecule has 0 bridgehead atoms. The average Bonchev–Trinajstić information content (AvgIpc) is 2.95. The van der Waals surface area contributed by atoms with Crippen LogP contribution in [0.3, 0.4) is 0 Å². The number of hydrogen-bond acceptors (Lipinski definition) is 3. The van der Waals surface area contributed by atoms with Gasteiger partial charge >= 0.3 is 5.97 Å². The fourth-order valence-electron chi connectivity index (χ4n) is 3.54. The van der Waals surface area contributed by atoms with Crippen LogP contribution in [0.25, 0.3) is 0 Å². The molecular formula is C17H24N2O2. The molecule has 1 aromatic carbocycles. The van der Waals surface area contributed by atoms with Crippen LogP contribution in [0.4, 0.5) is 5.69 Å². The summed E-state index contributed by atoms with van der Waals surface area (Å²) in [7, 11) is 0. The third kappa shape index (κ3) is 3.21. The standard InChI is InChI=1S/C17H24N2O2/c1-12(19-8-5-14(6-9-19)17(20)21)10-13-2-3-16-15(11-13)4-7-18-16/h2-3,11-12,14,18H,4-10H2,1H3,(H,20,21). The number of piperidine rings is 1. The quantitative estimate of drug-likeness (QED) is 0.893. The highest BCUT2D eigenvalue weighted by Crippen LogP contribution is 2.25. The van der Waals surface area contributed by atoms with Gasteiger partial charge in [0.25, 0.3) is 0 Å². The van der Waals surface area contributed by atoms with E-state index in [2.05, 4.69) is 35.3 Å². The highest BCUT2D eigenvalue weighted by atomic mass is 16.4. The zero-order chi connectivity index (χ0) is 14.8. The van der Waals surface area contributed by atoms with Gasteiger partial charge in [0.15, 0.2) is 0 Å². The molecule has 0 aromatic heterocycles. The summed E-state index contributed by atoms with van der Waals surface area (Å²) in [6.45, 7) is 5.12. The van der Waals surface area contributed by atoms with Crippen molar-refractivity contribution in [3.05, 3.63) is 29.3 Å². The van der Waals surface area contributed by atoms with Crippen molar-refractivity contribution in [3.63, 3.8) is 0 Å². The first-order chi connectivity index (χ1) is 10.1. The first-order valence-corrected chi connectivity index (χ1v) is 7.96. The molecule has 114 valence electrons. The number of hydrogen-bond donors (Lipinski definition) is 2. The molecule has 3 rings (SSSR count). The molecule has 0 radical (unpaired) electrons. The van der Waals surface area contributed by atoms with Crippen LogP contribution in [0.2, 0.25) is 0 Å². The van der Waals surface area contributed by atoms with Gasteiger partial charge in [-0.05, 0) is 62.9 Å². The number of carboxylic acid groups (broad SMARTS) is 1. The number of carboxylic acids is 1. The number of anilines is 1. The summed E-state index contributed by atoms with van der Waals surface area (Å²) in [4.78, 5) is 13.4. The molecule has 1 atom stereocenters. The van der Waals surface area contributed by atoms with E-state index in [9.17, 15) is 4.79 Å². The van der Waals surface area contributed by atoms with E-state index < -0.39 is 5.97 Å². The summed E-state index contributed by atoms with van der Waals surface area (Å²) in [6.07, 6.45) is 3.74. The lowest BCUT2D eigenvalue weighted by Gasteiger charge is -2.34. The summed E-state index contributed by atoms with van der Waals surface area (Å²) >= 11 is 0. The van der Waals surface area contributed by atoms with Gasteiger partial charge in [-0.15, -0.1) is 0 Å². The molecule has 0 amide bonds. The van der Waals surface area contributed by atoms with Gasteiger partial charge in [-0.2, -0.15) is 0 Å². The van der Waals surface area contributed by atoms with Crippen LogP contribution in [-0.4, -0.2) is 41.7 Å². The minimum Gasteiger partial charge on any atom is -0.481 e. The Labute approximate surface area is 126 Å². The third-order valence-corrected chi connectivity index (χ3v) is 4.91. The molecule has 2 N–H and O–H groups in total. The average molecular weight is 288 g/mol. The molecule has 2 aliphatic heterocycles.